The molecule has 1 aliphatic rings. The van der Waals surface area contributed by atoms with Gasteiger partial charge in [0.1, 0.15) is 0 Å². The summed E-state index contributed by atoms with van der Waals surface area (Å²) in [4.78, 5) is 0. The van der Waals surface area contributed by atoms with Gasteiger partial charge in [0.15, 0.2) is 0 Å². The van der Waals surface area contributed by atoms with Crippen LogP contribution in [0.3, 0.4) is 0 Å². The largest absolute Gasteiger partial charge is 0.396 e. The lowest BCUT2D eigenvalue weighted by molar-refractivity contribution is 0.204. The molecule has 0 aliphatic heterocycles. The molecule has 0 aromatic heterocycles. The van der Waals surface area contributed by atoms with E-state index in [0.29, 0.717) is 12.6 Å². The SMILES string of the molecule is CC(C)=CCCC(C)NCC1(CO)CC1. The summed E-state index contributed by atoms with van der Waals surface area (Å²) in [5.74, 6) is 0. The van der Waals surface area contributed by atoms with Crippen LogP contribution in [0.4, 0.5) is 0 Å². The molecule has 1 rings (SSSR count). The van der Waals surface area contributed by atoms with Gasteiger partial charge in [-0.15, -0.1) is 0 Å². The van der Waals surface area contributed by atoms with Gasteiger partial charge in [0.25, 0.3) is 0 Å². The van der Waals surface area contributed by atoms with E-state index in [2.05, 4.69) is 32.2 Å². The summed E-state index contributed by atoms with van der Waals surface area (Å²) in [5.41, 5.74) is 1.64. The molecule has 1 unspecified atom stereocenters. The molecule has 0 spiro atoms. The van der Waals surface area contributed by atoms with E-state index in [9.17, 15) is 0 Å². The van der Waals surface area contributed by atoms with Gasteiger partial charge < -0.3 is 10.4 Å². The van der Waals surface area contributed by atoms with Crippen LogP contribution in [0, 0.1) is 5.41 Å². The number of hydrogen-bond acceptors (Lipinski definition) is 2. The third-order valence-corrected chi connectivity index (χ3v) is 3.27. The van der Waals surface area contributed by atoms with Crippen molar-refractivity contribution < 1.29 is 5.11 Å². The monoisotopic (exact) mass is 211 g/mol. The average Bonchev–Trinajstić information content (AvgIpc) is 2.95. The van der Waals surface area contributed by atoms with Crippen molar-refractivity contribution in [3.05, 3.63) is 11.6 Å². The molecule has 2 nitrogen and oxygen atoms in total. The maximum absolute atomic E-state index is 9.17. The Morgan fingerprint density at radius 1 is 1.47 bits per heavy atom. The molecule has 0 aromatic rings. The van der Waals surface area contributed by atoms with Crippen molar-refractivity contribution in [3.8, 4) is 0 Å². The Labute approximate surface area is 93.8 Å². The summed E-state index contributed by atoms with van der Waals surface area (Å²) in [6, 6.07) is 0.560. The van der Waals surface area contributed by atoms with E-state index < -0.39 is 0 Å². The highest BCUT2D eigenvalue weighted by molar-refractivity contribution is 4.95. The average molecular weight is 211 g/mol. The van der Waals surface area contributed by atoms with Crippen molar-refractivity contribution in [2.24, 2.45) is 5.41 Å². The minimum Gasteiger partial charge on any atom is -0.396 e. The van der Waals surface area contributed by atoms with Crippen molar-refractivity contribution in [1.29, 1.82) is 0 Å². The molecule has 1 atom stereocenters. The number of hydrogen-bond donors (Lipinski definition) is 2. The minimum atomic E-state index is 0.241. The van der Waals surface area contributed by atoms with Crippen molar-refractivity contribution >= 4 is 0 Å². The first-order valence-electron chi connectivity index (χ1n) is 6.06. The Bertz CT molecular complexity index is 215. The summed E-state index contributed by atoms with van der Waals surface area (Å²) in [6.07, 6.45) is 7.01. The summed E-state index contributed by atoms with van der Waals surface area (Å²) >= 11 is 0. The fraction of sp³-hybridized carbons (Fsp3) is 0.846. The van der Waals surface area contributed by atoms with Crippen molar-refractivity contribution in [1.82, 2.24) is 5.32 Å². The molecule has 1 aliphatic carbocycles. The van der Waals surface area contributed by atoms with E-state index in [-0.39, 0.29) is 5.41 Å². The highest BCUT2D eigenvalue weighted by Crippen LogP contribution is 2.44. The lowest BCUT2D eigenvalue weighted by Gasteiger charge is -2.17. The molecule has 0 bridgehead atoms. The summed E-state index contributed by atoms with van der Waals surface area (Å²) < 4.78 is 0. The maximum atomic E-state index is 9.17. The van der Waals surface area contributed by atoms with Crippen LogP contribution in [-0.4, -0.2) is 24.3 Å². The topological polar surface area (TPSA) is 32.3 Å². The van der Waals surface area contributed by atoms with Crippen LogP contribution in [0.1, 0.15) is 46.5 Å². The quantitative estimate of drug-likeness (QED) is 0.634. The van der Waals surface area contributed by atoms with Gasteiger partial charge in [-0.05, 0) is 46.5 Å². The van der Waals surface area contributed by atoms with Gasteiger partial charge in [0.05, 0.1) is 0 Å². The highest BCUT2D eigenvalue weighted by atomic mass is 16.3. The summed E-state index contributed by atoms with van der Waals surface area (Å²) in [7, 11) is 0. The molecule has 0 radical (unpaired) electrons. The van der Waals surface area contributed by atoms with Crippen LogP contribution in [0.5, 0.6) is 0 Å². The number of nitrogens with one attached hydrogen (secondary N) is 1. The van der Waals surface area contributed by atoms with Gasteiger partial charge in [-0.2, -0.15) is 0 Å². The van der Waals surface area contributed by atoms with Crippen LogP contribution in [-0.2, 0) is 0 Å². The molecular weight excluding hydrogens is 186 g/mol. The van der Waals surface area contributed by atoms with Crippen LogP contribution in [0.15, 0.2) is 11.6 Å². The van der Waals surface area contributed by atoms with Crippen LogP contribution < -0.4 is 5.32 Å². The molecule has 1 fully saturated rings. The first-order chi connectivity index (χ1) is 7.08. The standard InChI is InChI=1S/C13H25NO/c1-11(2)5-4-6-12(3)14-9-13(10-15)7-8-13/h5,12,14-15H,4,6-10H2,1-3H3. The Hall–Kier alpha value is -0.340. The molecule has 0 heterocycles. The molecule has 88 valence electrons. The lowest BCUT2D eigenvalue weighted by atomic mass is 10.1. The first kappa shape index (κ1) is 12.7. The van der Waals surface area contributed by atoms with E-state index in [1.165, 1.54) is 24.8 Å². The predicted molar refractivity (Wildman–Crippen MR) is 64.9 cm³/mol. The summed E-state index contributed by atoms with van der Waals surface area (Å²) in [6.45, 7) is 7.85. The van der Waals surface area contributed by atoms with Crippen LogP contribution >= 0.6 is 0 Å². The Morgan fingerprint density at radius 3 is 2.60 bits per heavy atom. The van der Waals surface area contributed by atoms with E-state index >= 15 is 0 Å². The lowest BCUT2D eigenvalue weighted by Crippen LogP contribution is -2.33. The highest BCUT2D eigenvalue weighted by Gasteiger charge is 2.41. The molecule has 15 heavy (non-hydrogen) atoms. The number of aliphatic hydroxyl groups excluding tert-OH is 1. The normalized spacial score (nSPS) is 19.7. The van der Waals surface area contributed by atoms with E-state index in [1.807, 2.05) is 0 Å². The zero-order valence-electron chi connectivity index (χ0n) is 10.3. The Balaban J connectivity index is 2.08. The molecular formula is C13H25NO. The van der Waals surface area contributed by atoms with Crippen molar-refractivity contribution in [2.75, 3.05) is 13.2 Å². The zero-order valence-corrected chi connectivity index (χ0v) is 10.3. The van der Waals surface area contributed by atoms with Gasteiger partial charge in [-0.1, -0.05) is 11.6 Å². The number of allylic oxidation sites excluding steroid dienone is 2. The second-order valence-corrected chi connectivity index (χ2v) is 5.30. The molecule has 0 aromatic carbocycles. The van der Waals surface area contributed by atoms with Gasteiger partial charge in [0.2, 0.25) is 0 Å². The van der Waals surface area contributed by atoms with Gasteiger partial charge in [-0.25, -0.2) is 0 Å². The van der Waals surface area contributed by atoms with Crippen LogP contribution in [0.25, 0.3) is 0 Å². The van der Waals surface area contributed by atoms with E-state index in [1.54, 1.807) is 0 Å². The summed E-state index contributed by atoms with van der Waals surface area (Å²) in [5, 5.41) is 12.7. The van der Waals surface area contributed by atoms with Crippen LogP contribution in [0.2, 0.25) is 0 Å². The molecule has 0 saturated heterocycles. The second kappa shape index (κ2) is 5.66. The second-order valence-electron chi connectivity index (χ2n) is 5.30. The van der Waals surface area contributed by atoms with Gasteiger partial charge in [0, 0.05) is 24.6 Å². The maximum Gasteiger partial charge on any atom is 0.0499 e. The third-order valence-electron chi connectivity index (χ3n) is 3.27. The molecule has 1 saturated carbocycles. The molecule has 2 N–H and O–H groups in total. The van der Waals surface area contributed by atoms with E-state index in [4.69, 9.17) is 5.11 Å². The fourth-order valence-electron chi connectivity index (χ4n) is 1.68. The van der Waals surface area contributed by atoms with Crippen molar-refractivity contribution in [3.63, 3.8) is 0 Å². The Kier molecular flexibility index (Phi) is 4.81. The fourth-order valence-corrected chi connectivity index (χ4v) is 1.68. The first-order valence-corrected chi connectivity index (χ1v) is 6.06. The van der Waals surface area contributed by atoms with Crippen molar-refractivity contribution in [2.45, 2.75) is 52.5 Å². The molecule has 2 heteroatoms. The van der Waals surface area contributed by atoms with Gasteiger partial charge >= 0.3 is 0 Å². The third kappa shape index (κ3) is 4.80. The van der Waals surface area contributed by atoms with Gasteiger partial charge in [-0.3, -0.25) is 0 Å². The number of rotatable bonds is 7. The molecule has 0 amide bonds. The smallest absolute Gasteiger partial charge is 0.0499 e. The zero-order chi connectivity index (χ0) is 11.3. The number of aliphatic hydroxyl groups is 1. The predicted octanol–water partition coefficient (Wildman–Crippen LogP) is 2.48. The van der Waals surface area contributed by atoms with E-state index in [0.717, 1.165) is 13.0 Å². The Morgan fingerprint density at radius 2 is 2.13 bits per heavy atom. The minimum absolute atomic E-state index is 0.241.